The molecule has 0 bridgehead atoms. The molecular formula is C25H31Cl2NO4. The standard InChI is InChI=1S/C25H31Cl2NO4/c1-17-13-20(31-16-18-5-6-19(26)14-22(18)27)7-8-21(17)23-15-28(11-12-30-23)10-9-24(29)32-25(2,3)4/h5-8,13-14,23H,9-12,15-16H2,1-4H3. The molecule has 1 saturated heterocycles. The van der Waals surface area contributed by atoms with E-state index in [0.717, 1.165) is 35.5 Å². The maximum Gasteiger partial charge on any atom is 0.307 e. The Kier molecular flexibility index (Phi) is 8.45. The van der Waals surface area contributed by atoms with Crippen molar-refractivity contribution in [2.24, 2.45) is 0 Å². The Hall–Kier alpha value is -1.79. The molecule has 0 aliphatic carbocycles. The monoisotopic (exact) mass is 479 g/mol. The number of rotatable bonds is 7. The van der Waals surface area contributed by atoms with Crippen LogP contribution in [0.5, 0.6) is 5.75 Å². The highest BCUT2D eigenvalue weighted by molar-refractivity contribution is 6.35. The lowest BCUT2D eigenvalue weighted by atomic mass is 10.0. The average molecular weight is 480 g/mol. The van der Waals surface area contributed by atoms with Crippen molar-refractivity contribution in [3.05, 3.63) is 63.1 Å². The minimum absolute atomic E-state index is 0.0397. The zero-order valence-electron chi connectivity index (χ0n) is 19.1. The Morgan fingerprint density at radius 2 is 1.97 bits per heavy atom. The normalized spacial score (nSPS) is 17.2. The first-order chi connectivity index (χ1) is 15.1. The Morgan fingerprint density at radius 1 is 1.19 bits per heavy atom. The first-order valence-electron chi connectivity index (χ1n) is 10.8. The molecule has 0 aromatic heterocycles. The van der Waals surface area contributed by atoms with Crippen LogP contribution in [0.1, 0.15) is 50.0 Å². The molecule has 0 N–H and O–H groups in total. The van der Waals surface area contributed by atoms with Crippen molar-refractivity contribution in [2.45, 2.75) is 52.4 Å². The molecular weight excluding hydrogens is 449 g/mol. The lowest BCUT2D eigenvalue weighted by Crippen LogP contribution is -2.40. The highest BCUT2D eigenvalue weighted by atomic mass is 35.5. The second-order valence-corrected chi connectivity index (χ2v) is 9.88. The van der Waals surface area contributed by atoms with Crippen molar-refractivity contribution in [2.75, 3.05) is 26.2 Å². The number of hydrogen-bond donors (Lipinski definition) is 0. The largest absolute Gasteiger partial charge is 0.489 e. The van der Waals surface area contributed by atoms with Crippen LogP contribution in [0.3, 0.4) is 0 Å². The molecule has 1 aliphatic rings. The molecule has 0 radical (unpaired) electrons. The van der Waals surface area contributed by atoms with Crippen LogP contribution in [0.15, 0.2) is 36.4 Å². The maximum absolute atomic E-state index is 12.0. The summed E-state index contributed by atoms with van der Waals surface area (Å²) in [5, 5.41) is 1.19. The predicted octanol–water partition coefficient (Wildman–Crippen LogP) is 5.99. The quantitative estimate of drug-likeness (QED) is 0.456. The molecule has 1 unspecified atom stereocenters. The SMILES string of the molecule is Cc1cc(OCc2ccc(Cl)cc2Cl)ccc1C1CN(CCC(=O)OC(C)(C)C)CCO1. The van der Waals surface area contributed by atoms with E-state index in [2.05, 4.69) is 17.9 Å². The van der Waals surface area contributed by atoms with Crippen molar-refractivity contribution in [3.8, 4) is 5.75 Å². The fourth-order valence-electron chi connectivity index (χ4n) is 3.63. The topological polar surface area (TPSA) is 48.0 Å². The number of carbonyl (C=O) groups excluding carboxylic acids is 1. The minimum Gasteiger partial charge on any atom is -0.489 e. The lowest BCUT2D eigenvalue weighted by molar-refractivity contribution is -0.155. The molecule has 0 spiro atoms. The van der Waals surface area contributed by atoms with E-state index in [4.69, 9.17) is 37.4 Å². The third-order valence-electron chi connectivity index (χ3n) is 5.20. The third-order valence-corrected chi connectivity index (χ3v) is 5.79. The maximum atomic E-state index is 12.0. The van der Waals surface area contributed by atoms with Gasteiger partial charge in [-0.25, -0.2) is 0 Å². The summed E-state index contributed by atoms with van der Waals surface area (Å²) in [6.07, 6.45) is 0.338. The van der Waals surface area contributed by atoms with E-state index in [0.29, 0.717) is 36.2 Å². The Morgan fingerprint density at radius 3 is 2.66 bits per heavy atom. The minimum atomic E-state index is -0.454. The predicted molar refractivity (Wildman–Crippen MR) is 128 cm³/mol. The van der Waals surface area contributed by atoms with Gasteiger partial charge in [-0.3, -0.25) is 9.69 Å². The first-order valence-corrected chi connectivity index (χ1v) is 11.6. The van der Waals surface area contributed by atoms with Crippen molar-refractivity contribution in [1.29, 1.82) is 0 Å². The van der Waals surface area contributed by atoms with Gasteiger partial charge < -0.3 is 14.2 Å². The number of benzene rings is 2. The smallest absolute Gasteiger partial charge is 0.307 e. The van der Waals surface area contributed by atoms with Crippen LogP contribution in [0.4, 0.5) is 0 Å². The summed E-state index contributed by atoms with van der Waals surface area (Å²) in [4.78, 5) is 14.3. The molecule has 1 fully saturated rings. The van der Waals surface area contributed by atoms with E-state index < -0.39 is 5.60 Å². The van der Waals surface area contributed by atoms with Crippen LogP contribution >= 0.6 is 23.2 Å². The number of nitrogens with zero attached hydrogens (tertiary/aromatic N) is 1. The van der Waals surface area contributed by atoms with Gasteiger partial charge in [-0.2, -0.15) is 0 Å². The van der Waals surface area contributed by atoms with Crippen molar-refractivity contribution >= 4 is 29.2 Å². The molecule has 0 saturated carbocycles. The van der Waals surface area contributed by atoms with Crippen LogP contribution in [0, 0.1) is 6.92 Å². The van der Waals surface area contributed by atoms with Gasteiger partial charge in [0.15, 0.2) is 0 Å². The van der Waals surface area contributed by atoms with Gasteiger partial charge in [-0.15, -0.1) is 0 Å². The van der Waals surface area contributed by atoms with Crippen molar-refractivity contribution in [1.82, 2.24) is 4.90 Å². The van der Waals surface area contributed by atoms with Crippen LogP contribution in [0.2, 0.25) is 10.0 Å². The van der Waals surface area contributed by atoms with Gasteiger partial charge in [0.05, 0.1) is 19.1 Å². The molecule has 5 nitrogen and oxygen atoms in total. The molecule has 2 aromatic carbocycles. The number of esters is 1. The third kappa shape index (κ3) is 7.38. The van der Waals surface area contributed by atoms with E-state index in [9.17, 15) is 4.79 Å². The van der Waals surface area contributed by atoms with Gasteiger partial charge in [0, 0.05) is 35.2 Å². The van der Waals surface area contributed by atoms with E-state index in [-0.39, 0.29) is 12.1 Å². The number of carbonyl (C=O) groups is 1. The zero-order valence-corrected chi connectivity index (χ0v) is 20.6. The first kappa shape index (κ1) is 24.8. The molecule has 2 aromatic rings. The second kappa shape index (κ2) is 10.9. The summed E-state index contributed by atoms with van der Waals surface area (Å²) in [7, 11) is 0. The summed E-state index contributed by atoms with van der Waals surface area (Å²) in [5.74, 6) is 0.605. The number of halogens is 2. The summed E-state index contributed by atoms with van der Waals surface area (Å²) in [6.45, 7) is 10.9. The molecule has 1 aliphatic heterocycles. The van der Waals surface area contributed by atoms with Gasteiger partial charge in [0.2, 0.25) is 0 Å². The lowest BCUT2D eigenvalue weighted by Gasteiger charge is -2.33. The van der Waals surface area contributed by atoms with Gasteiger partial charge in [-0.05, 0) is 63.1 Å². The number of aryl methyl sites for hydroxylation is 1. The Balaban J connectivity index is 1.56. The number of ether oxygens (including phenoxy) is 3. The highest BCUT2D eigenvalue weighted by Crippen LogP contribution is 2.29. The Labute approximate surface area is 200 Å². The fraction of sp³-hybridized carbons (Fsp3) is 0.480. The number of hydrogen-bond acceptors (Lipinski definition) is 5. The highest BCUT2D eigenvalue weighted by Gasteiger charge is 2.24. The van der Waals surface area contributed by atoms with Gasteiger partial charge >= 0.3 is 5.97 Å². The molecule has 7 heteroatoms. The molecule has 3 rings (SSSR count). The van der Waals surface area contributed by atoms with E-state index in [1.54, 1.807) is 12.1 Å². The van der Waals surface area contributed by atoms with Crippen LogP contribution in [0.25, 0.3) is 0 Å². The van der Waals surface area contributed by atoms with E-state index >= 15 is 0 Å². The molecule has 1 atom stereocenters. The van der Waals surface area contributed by atoms with Crippen LogP contribution < -0.4 is 4.74 Å². The zero-order chi connectivity index (χ0) is 23.3. The van der Waals surface area contributed by atoms with Crippen molar-refractivity contribution in [3.63, 3.8) is 0 Å². The summed E-state index contributed by atoms with van der Waals surface area (Å²) >= 11 is 12.2. The number of morpholine rings is 1. The van der Waals surface area contributed by atoms with Gasteiger partial charge in [-0.1, -0.05) is 35.3 Å². The fourth-order valence-corrected chi connectivity index (χ4v) is 4.10. The van der Waals surface area contributed by atoms with Gasteiger partial charge in [0.25, 0.3) is 0 Å². The molecule has 0 amide bonds. The summed E-state index contributed by atoms with van der Waals surface area (Å²) in [5.41, 5.74) is 2.66. The Bertz CT molecular complexity index is 942. The van der Waals surface area contributed by atoms with Crippen molar-refractivity contribution < 1.29 is 19.0 Å². The van der Waals surface area contributed by atoms with Crippen LogP contribution in [-0.4, -0.2) is 42.7 Å². The second-order valence-electron chi connectivity index (χ2n) is 9.04. The summed E-state index contributed by atoms with van der Waals surface area (Å²) < 4.78 is 17.4. The van der Waals surface area contributed by atoms with Crippen LogP contribution in [-0.2, 0) is 20.9 Å². The van der Waals surface area contributed by atoms with E-state index in [1.165, 1.54) is 0 Å². The van der Waals surface area contributed by atoms with E-state index in [1.807, 2.05) is 39.0 Å². The average Bonchev–Trinajstić information content (AvgIpc) is 2.71. The summed E-state index contributed by atoms with van der Waals surface area (Å²) in [6, 6.07) is 11.4. The molecule has 32 heavy (non-hydrogen) atoms. The molecule has 1 heterocycles. The van der Waals surface area contributed by atoms with Gasteiger partial charge in [0.1, 0.15) is 18.0 Å². The molecule has 174 valence electrons.